The number of carbonyl (C=O) groups is 1. The lowest BCUT2D eigenvalue weighted by Crippen LogP contribution is -2.41. The molecule has 2 saturated carbocycles. The maximum atomic E-state index is 12.3. The number of hydrogen-bond acceptors (Lipinski definition) is 6. The highest BCUT2D eigenvalue weighted by Crippen LogP contribution is 2.49. The van der Waals surface area contributed by atoms with Gasteiger partial charge in [0.15, 0.2) is 9.84 Å². The molecule has 0 spiro atoms. The Balaban J connectivity index is 1.12. The summed E-state index contributed by atoms with van der Waals surface area (Å²) in [5.74, 6) is 2.56. The van der Waals surface area contributed by atoms with Crippen molar-refractivity contribution in [1.29, 1.82) is 0 Å². The van der Waals surface area contributed by atoms with Crippen molar-refractivity contribution in [2.75, 3.05) is 32.6 Å². The average molecular weight is 451 g/mol. The summed E-state index contributed by atoms with van der Waals surface area (Å²) in [4.78, 5) is 18.5. The number of aromatic nitrogens is 1. The van der Waals surface area contributed by atoms with E-state index >= 15 is 0 Å². The Labute approximate surface area is 185 Å². The highest BCUT2D eigenvalue weighted by molar-refractivity contribution is 7.90. The molecule has 0 radical (unpaired) electrons. The smallest absolute Gasteiger partial charge is 0.409 e. The monoisotopic (exact) mass is 450 g/mol. The number of piperidine rings is 1. The Bertz CT molecular complexity index is 874. The lowest BCUT2D eigenvalue weighted by Gasteiger charge is -2.38. The van der Waals surface area contributed by atoms with Crippen molar-refractivity contribution in [3.8, 4) is 5.88 Å². The van der Waals surface area contributed by atoms with Gasteiger partial charge in [-0.2, -0.15) is 0 Å². The minimum Gasteiger partial charge on any atom is -0.478 e. The molecular weight excluding hydrogens is 416 g/mol. The normalized spacial score (nSPS) is 25.5. The van der Waals surface area contributed by atoms with Crippen LogP contribution in [0.2, 0.25) is 0 Å². The summed E-state index contributed by atoms with van der Waals surface area (Å²) in [5.41, 5.74) is 0.211. The molecule has 0 aromatic carbocycles. The fourth-order valence-electron chi connectivity index (χ4n) is 4.93. The number of hydrogen-bond donors (Lipinski definition) is 0. The van der Waals surface area contributed by atoms with E-state index in [0.717, 1.165) is 51.1 Å². The predicted octanol–water partition coefficient (Wildman–Crippen LogP) is 3.93. The molecule has 3 fully saturated rings. The van der Waals surface area contributed by atoms with Crippen molar-refractivity contribution in [2.45, 2.75) is 56.8 Å². The van der Waals surface area contributed by atoms with Gasteiger partial charge in [0.25, 0.3) is 0 Å². The maximum absolute atomic E-state index is 12.3. The van der Waals surface area contributed by atoms with Crippen LogP contribution in [-0.2, 0) is 14.6 Å². The average Bonchev–Trinajstić information content (AvgIpc) is 3.50. The van der Waals surface area contributed by atoms with Gasteiger partial charge in [0, 0.05) is 37.0 Å². The molecule has 0 bridgehead atoms. The van der Waals surface area contributed by atoms with E-state index in [1.54, 1.807) is 6.07 Å². The Morgan fingerprint density at radius 3 is 2.58 bits per heavy atom. The molecule has 31 heavy (non-hydrogen) atoms. The molecule has 1 aliphatic heterocycles. The fraction of sp³-hybridized carbons (Fsp3) is 0.739. The van der Waals surface area contributed by atoms with Crippen LogP contribution in [0.4, 0.5) is 4.79 Å². The number of sulfone groups is 1. The van der Waals surface area contributed by atoms with Crippen LogP contribution in [0, 0.1) is 23.2 Å². The van der Waals surface area contributed by atoms with Gasteiger partial charge in [-0.15, -0.1) is 0 Å². The number of pyridine rings is 1. The Hall–Kier alpha value is -1.83. The van der Waals surface area contributed by atoms with Crippen LogP contribution >= 0.6 is 0 Å². The zero-order valence-electron chi connectivity index (χ0n) is 18.6. The molecule has 1 amide bonds. The molecular formula is C23H34N2O5S. The zero-order valence-corrected chi connectivity index (χ0v) is 19.4. The number of rotatable bonds is 8. The van der Waals surface area contributed by atoms with Crippen LogP contribution in [0.15, 0.2) is 23.2 Å². The summed E-state index contributed by atoms with van der Waals surface area (Å²) in [6.07, 6.45) is 10.3. The number of nitrogens with zero attached hydrogens (tertiary/aromatic N) is 2. The first-order valence-corrected chi connectivity index (χ1v) is 13.3. The Morgan fingerprint density at radius 1 is 1.26 bits per heavy atom. The highest BCUT2D eigenvalue weighted by Gasteiger charge is 2.43. The summed E-state index contributed by atoms with van der Waals surface area (Å²) in [6, 6.07) is 3.14. The quantitative estimate of drug-likeness (QED) is 0.597. The molecule has 2 unspecified atom stereocenters. The molecule has 1 saturated heterocycles. The molecule has 2 aliphatic carbocycles. The lowest BCUT2D eigenvalue weighted by atomic mass is 9.71. The van der Waals surface area contributed by atoms with E-state index < -0.39 is 9.84 Å². The second kappa shape index (κ2) is 8.96. The van der Waals surface area contributed by atoms with Crippen LogP contribution in [0.5, 0.6) is 5.88 Å². The number of ether oxygens (including phenoxy) is 2. The standard InChI is InChI=1S/C23H34N2O5S/c1-23(9-3-10-23)16-30-22(26)25-11-6-17(7-12-25)20-14-18(20)8-13-29-21-5-4-19(15-24-21)31(2,27)28/h4-5,15,17-18,20H,3,6-14,16H2,1-2H3. The number of amides is 1. The molecule has 1 aromatic rings. The molecule has 7 nitrogen and oxygen atoms in total. The molecule has 2 atom stereocenters. The largest absolute Gasteiger partial charge is 0.478 e. The third-order valence-electron chi connectivity index (χ3n) is 7.36. The first-order chi connectivity index (χ1) is 14.7. The van der Waals surface area contributed by atoms with Crippen molar-refractivity contribution in [3.05, 3.63) is 18.3 Å². The van der Waals surface area contributed by atoms with Crippen molar-refractivity contribution in [3.63, 3.8) is 0 Å². The van der Waals surface area contributed by atoms with Crippen molar-refractivity contribution < 1.29 is 22.7 Å². The van der Waals surface area contributed by atoms with Crippen LogP contribution in [0.1, 0.15) is 51.9 Å². The van der Waals surface area contributed by atoms with Gasteiger partial charge in [0.2, 0.25) is 5.88 Å². The van der Waals surface area contributed by atoms with Crippen molar-refractivity contribution in [1.82, 2.24) is 9.88 Å². The Kier molecular flexibility index (Phi) is 6.47. The SMILES string of the molecule is CC1(COC(=O)N2CCC(C3CC3CCOc3ccc(S(C)(=O)=O)cn3)CC2)CCC1. The van der Waals surface area contributed by atoms with E-state index in [-0.39, 0.29) is 16.4 Å². The van der Waals surface area contributed by atoms with Crippen LogP contribution in [-0.4, -0.2) is 57.0 Å². The summed E-state index contributed by atoms with van der Waals surface area (Å²) >= 11 is 0. The van der Waals surface area contributed by atoms with Crippen LogP contribution in [0.3, 0.4) is 0 Å². The van der Waals surface area contributed by atoms with E-state index in [0.29, 0.717) is 30.9 Å². The highest BCUT2D eigenvalue weighted by atomic mass is 32.2. The second-order valence-corrected chi connectivity index (χ2v) is 12.0. The van der Waals surface area contributed by atoms with Crippen LogP contribution < -0.4 is 4.74 Å². The Morgan fingerprint density at radius 2 is 2.00 bits per heavy atom. The molecule has 0 N–H and O–H groups in total. The molecule has 8 heteroatoms. The molecule has 1 aromatic heterocycles. The minimum atomic E-state index is -3.23. The number of carbonyl (C=O) groups excluding carboxylic acids is 1. The first kappa shape index (κ1) is 22.4. The van der Waals surface area contributed by atoms with Gasteiger partial charge in [0.05, 0.1) is 18.1 Å². The van der Waals surface area contributed by atoms with E-state index in [9.17, 15) is 13.2 Å². The summed E-state index contributed by atoms with van der Waals surface area (Å²) in [6.45, 7) is 4.96. The molecule has 4 rings (SSSR count). The van der Waals surface area contributed by atoms with E-state index in [2.05, 4.69) is 11.9 Å². The van der Waals surface area contributed by atoms with Gasteiger partial charge in [-0.25, -0.2) is 18.2 Å². The number of likely N-dealkylation sites (tertiary alicyclic amines) is 1. The van der Waals surface area contributed by atoms with Gasteiger partial charge in [0.1, 0.15) is 0 Å². The third kappa shape index (κ3) is 5.70. The fourth-order valence-corrected chi connectivity index (χ4v) is 5.49. The molecule has 2 heterocycles. The topological polar surface area (TPSA) is 85.8 Å². The third-order valence-corrected chi connectivity index (χ3v) is 8.46. The molecule has 172 valence electrons. The lowest BCUT2D eigenvalue weighted by molar-refractivity contribution is 0.0188. The minimum absolute atomic E-state index is 0.137. The predicted molar refractivity (Wildman–Crippen MR) is 117 cm³/mol. The van der Waals surface area contributed by atoms with E-state index in [1.165, 1.54) is 31.4 Å². The van der Waals surface area contributed by atoms with Gasteiger partial charge >= 0.3 is 6.09 Å². The summed E-state index contributed by atoms with van der Waals surface area (Å²) in [5, 5.41) is 0. The van der Waals surface area contributed by atoms with E-state index in [4.69, 9.17) is 9.47 Å². The van der Waals surface area contributed by atoms with Crippen molar-refractivity contribution >= 4 is 15.9 Å². The first-order valence-electron chi connectivity index (χ1n) is 11.4. The summed E-state index contributed by atoms with van der Waals surface area (Å²) < 4.78 is 34.2. The van der Waals surface area contributed by atoms with Gasteiger partial charge in [-0.05, 0) is 62.3 Å². The van der Waals surface area contributed by atoms with Gasteiger partial charge in [-0.1, -0.05) is 13.3 Å². The zero-order chi connectivity index (χ0) is 22.1. The molecule has 3 aliphatic rings. The van der Waals surface area contributed by atoms with Gasteiger partial charge in [-0.3, -0.25) is 0 Å². The van der Waals surface area contributed by atoms with Gasteiger partial charge < -0.3 is 14.4 Å². The summed E-state index contributed by atoms with van der Waals surface area (Å²) in [7, 11) is -3.23. The maximum Gasteiger partial charge on any atom is 0.409 e. The van der Waals surface area contributed by atoms with E-state index in [1.807, 2.05) is 4.90 Å². The van der Waals surface area contributed by atoms with Crippen molar-refractivity contribution in [2.24, 2.45) is 23.2 Å². The second-order valence-electron chi connectivity index (χ2n) is 9.94. The van der Waals surface area contributed by atoms with Crippen LogP contribution in [0.25, 0.3) is 0 Å².